The van der Waals surface area contributed by atoms with Crippen LogP contribution in [0.3, 0.4) is 0 Å². The van der Waals surface area contributed by atoms with Gasteiger partial charge < -0.3 is 10.2 Å². The second kappa shape index (κ2) is 4.27. The Morgan fingerprint density at radius 2 is 2.44 bits per heavy atom. The SMILES string of the molecule is CC=CN1C=CNC1.Cl. The molecule has 0 atom stereocenters. The van der Waals surface area contributed by atoms with E-state index >= 15 is 0 Å². The lowest BCUT2D eigenvalue weighted by Crippen LogP contribution is -2.13. The zero-order valence-electron chi connectivity index (χ0n) is 5.37. The lowest BCUT2D eigenvalue weighted by atomic mass is 10.6. The standard InChI is InChI=1S/C6H10N2.ClH/c1-2-4-8-5-3-7-6-8;/h2-5,7H,6H2,1H3;1H. The molecule has 0 saturated heterocycles. The van der Waals surface area contributed by atoms with E-state index in [2.05, 4.69) is 10.2 Å². The first-order valence-electron chi connectivity index (χ1n) is 2.72. The molecule has 0 aromatic heterocycles. The van der Waals surface area contributed by atoms with Crippen LogP contribution in [-0.2, 0) is 0 Å². The monoisotopic (exact) mass is 146 g/mol. The average molecular weight is 147 g/mol. The van der Waals surface area contributed by atoms with E-state index in [1.165, 1.54) is 0 Å². The molecular weight excluding hydrogens is 136 g/mol. The first-order valence-corrected chi connectivity index (χ1v) is 2.72. The third-order valence-electron chi connectivity index (χ3n) is 0.998. The minimum Gasteiger partial charge on any atom is -0.372 e. The largest absolute Gasteiger partial charge is 0.372 e. The molecule has 1 heterocycles. The van der Waals surface area contributed by atoms with Gasteiger partial charge in [0, 0.05) is 18.6 Å². The summed E-state index contributed by atoms with van der Waals surface area (Å²) in [4.78, 5) is 2.07. The highest BCUT2D eigenvalue weighted by molar-refractivity contribution is 5.85. The summed E-state index contributed by atoms with van der Waals surface area (Å²) in [6.45, 7) is 2.91. The van der Waals surface area contributed by atoms with E-state index in [-0.39, 0.29) is 12.4 Å². The van der Waals surface area contributed by atoms with E-state index < -0.39 is 0 Å². The minimum atomic E-state index is 0. The number of nitrogens with zero attached hydrogens (tertiary/aromatic N) is 1. The molecule has 1 N–H and O–H groups in total. The summed E-state index contributed by atoms with van der Waals surface area (Å²) in [6.07, 6.45) is 7.97. The molecule has 1 aliphatic rings. The van der Waals surface area contributed by atoms with Crippen LogP contribution in [0, 0.1) is 0 Å². The highest BCUT2D eigenvalue weighted by atomic mass is 35.5. The molecule has 0 aromatic carbocycles. The van der Waals surface area contributed by atoms with Gasteiger partial charge in [-0.15, -0.1) is 12.4 Å². The van der Waals surface area contributed by atoms with Crippen LogP contribution in [0.5, 0.6) is 0 Å². The lowest BCUT2D eigenvalue weighted by molar-refractivity contribution is 0.523. The summed E-state index contributed by atoms with van der Waals surface area (Å²) in [5, 5.41) is 3.05. The predicted octanol–water partition coefficient (Wildman–Crippen LogP) is 1.28. The van der Waals surface area contributed by atoms with Crippen molar-refractivity contribution in [3.63, 3.8) is 0 Å². The van der Waals surface area contributed by atoms with Gasteiger partial charge in [0.1, 0.15) is 0 Å². The maximum absolute atomic E-state index is 3.05. The van der Waals surface area contributed by atoms with Crippen LogP contribution < -0.4 is 5.32 Å². The molecule has 1 aliphatic heterocycles. The van der Waals surface area contributed by atoms with E-state index in [1.54, 1.807) is 0 Å². The molecule has 0 saturated carbocycles. The van der Waals surface area contributed by atoms with Gasteiger partial charge in [-0.2, -0.15) is 0 Å². The van der Waals surface area contributed by atoms with Crippen molar-refractivity contribution in [2.45, 2.75) is 6.92 Å². The van der Waals surface area contributed by atoms with Gasteiger partial charge in [0.05, 0.1) is 6.67 Å². The fraction of sp³-hybridized carbons (Fsp3) is 0.333. The van der Waals surface area contributed by atoms with Gasteiger partial charge in [-0.1, -0.05) is 6.08 Å². The summed E-state index contributed by atoms with van der Waals surface area (Å²) in [7, 11) is 0. The lowest BCUT2D eigenvalue weighted by Gasteiger charge is -2.05. The fourth-order valence-electron chi connectivity index (χ4n) is 0.653. The van der Waals surface area contributed by atoms with Crippen LogP contribution >= 0.6 is 12.4 Å². The molecule has 3 heteroatoms. The molecule has 0 fully saturated rings. The van der Waals surface area contributed by atoms with Crippen LogP contribution in [0.4, 0.5) is 0 Å². The summed E-state index contributed by atoms with van der Waals surface area (Å²) >= 11 is 0. The quantitative estimate of drug-likeness (QED) is 0.600. The number of hydrogen-bond donors (Lipinski definition) is 1. The number of nitrogens with one attached hydrogen (secondary N) is 1. The van der Waals surface area contributed by atoms with Crippen molar-refractivity contribution in [2.75, 3.05) is 6.67 Å². The van der Waals surface area contributed by atoms with Crippen molar-refractivity contribution in [2.24, 2.45) is 0 Å². The van der Waals surface area contributed by atoms with E-state index in [1.807, 2.05) is 31.6 Å². The van der Waals surface area contributed by atoms with Crippen molar-refractivity contribution in [1.82, 2.24) is 10.2 Å². The Morgan fingerprint density at radius 1 is 1.67 bits per heavy atom. The Kier molecular flexibility index (Phi) is 3.97. The Bertz CT molecular complexity index is 120. The minimum absolute atomic E-state index is 0. The van der Waals surface area contributed by atoms with Gasteiger partial charge >= 0.3 is 0 Å². The molecule has 0 unspecified atom stereocenters. The Balaban J connectivity index is 0.000000640. The molecule has 52 valence electrons. The Labute approximate surface area is 61.6 Å². The van der Waals surface area contributed by atoms with Crippen LogP contribution in [0.2, 0.25) is 0 Å². The second-order valence-corrected chi connectivity index (χ2v) is 1.67. The van der Waals surface area contributed by atoms with Gasteiger partial charge in [-0.05, 0) is 6.92 Å². The third-order valence-corrected chi connectivity index (χ3v) is 0.998. The first-order chi connectivity index (χ1) is 3.93. The van der Waals surface area contributed by atoms with Crippen molar-refractivity contribution in [3.05, 3.63) is 24.7 Å². The first kappa shape index (κ1) is 8.37. The molecule has 2 nitrogen and oxygen atoms in total. The van der Waals surface area contributed by atoms with Gasteiger partial charge in [0.25, 0.3) is 0 Å². The van der Waals surface area contributed by atoms with Crippen LogP contribution in [0.15, 0.2) is 24.7 Å². The zero-order chi connectivity index (χ0) is 5.82. The number of hydrogen-bond acceptors (Lipinski definition) is 2. The van der Waals surface area contributed by atoms with E-state index in [0.29, 0.717) is 0 Å². The van der Waals surface area contributed by atoms with Crippen molar-refractivity contribution >= 4 is 12.4 Å². The topological polar surface area (TPSA) is 15.3 Å². The highest BCUT2D eigenvalue weighted by Gasteiger charge is 1.94. The van der Waals surface area contributed by atoms with Gasteiger partial charge in [-0.25, -0.2) is 0 Å². The van der Waals surface area contributed by atoms with Crippen molar-refractivity contribution in [3.8, 4) is 0 Å². The predicted molar refractivity (Wildman–Crippen MR) is 41.0 cm³/mol. The molecule has 0 bridgehead atoms. The number of allylic oxidation sites excluding steroid dienone is 1. The summed E-state index contributed by atoms with van der Waals surface area (Å²) in [6, 6.07) is 0. The van der Waals surface area contributed by atoms with Crippen LogP contribution in [0.25, 0.3) is 0 Å². The summed E-state index contributed by atoms with van der Waals surface area (Å²) in [5.41, 5.74) is 0. The second-order valence-electron chi connectivity index (χ2n) is 1.67. The zero-order valence-corrected chi connectivity index (χ0v) is 6.19. The molecule has 0 aliphatic carbocycles. The van der Waals surface area contributed by atoms with Gasteiger partial charge in [-0.3, -0.25) is 0 Å². The summed E-state index contributed by atoms with van der Waals surface area (Å²) in [5.74, 6) is 0. The van der Waals surface area contributed by atoms with Crippen molar-refractivity contribution < 1.29 is 0 Å². The van der Waals surface area contributed by atoms with Crippen LogP contribution in [0.1, 0.15) is 6.92 Å². The molecule has 0 aromatic rings. The third kappa shape index (κ3) is 2.42. The smallest absolute Gasteiger partial charge is 0.0910 e. The Hall–Kier alpha value is -0.630. The number of rotatable bonds is 1. The van der Waals surface area contributed by atoms with E-state index in [4.69, 9.17) is 0 Å². The molecule has 0 spiro atoms. The summed E-state index contributed by atoms with van der Waals surface area (Å²) < 4.78 is 0. The molecule has 9 heavy (non-hydrogen) atoms. The molecule has 0 amide bonds. The highest BCUT2D eigenvalue weighted by Crippen LogP contribution is 1.93. The maximum Gasteiger partial charge on any atom is 0.0910 e. The Morgan fingerprint density at radius 3 is 2.89 bits per heavy atom. The van der Waals surface area contributed by atoms with Crippen LogP contribution in [-0.4, -0.2) is 11.6 Å². The molecule has 1 rings (SSSR count). The average Bonchev–Trinajstić information content (AvgIpc) is 2.19. The normalized spacial score (nSPS) is 15.9. The molecule has 0 radical (unpaired) electrons. The number of halogens is 1. The van der Waals surface area contributed by atoms with Crippen molar-refractivity contribution in [1.29, 1.82) is 0 Å². The van der Waals surface area contributed by atoms with E-state index in [9.17, 15) is 0 Å². The molecular formula is C6H11ClN2. The van der Waals surface area contributed by atoms with E-state index in [0.717, 1.165) is 6.67 Å². The van der Waals surface area contributed by atoms with Gasteiger partial charge in [0.15, 0.2) is 0 Å². The maximum atomic E-state index is 3.05. The fourth-order valence-corrected chi connectivity index (χ4v) is 0.653. The van der Waals surface area contributed by atoms with Gasteiger partial charge in [0.2, 0.25) is 0 Å².